The van der Waals surface area contributed by atoms with Gasteiger partial charge < -0.3 is 16.0 Å². The van der Waals surface area contributed by atoms with Gasteiger partial charge in [-0.15, -0.1) is 0 Å². The summed E-state index contributed by atoms with van der Waals surface area (Å²) >= 11 is 0. The molecule has 4 rings (SSSR count). The summed E-state index contributed by atoms with van der Waals surface area (Å²) in [6, 6.07) is 24.3. The minimum Gasteiger partial charge on any atom is -0.332 e. The van der Waals surface area contributed by atoms with Crippen molar-refractivity contribution < 1.29 is 9.59 Å². The largest absolute Gasteiger partial charge is 0.332 e. The van der Waals surface area contributed by atoms with E-state index in [4.69, 9.17) is 0 Å². The predicted octanol–water partition coefficient (Wildman–Crippen LogP) is 4.01. The monoisotopic (exact) mass is 440 g/mol. The molecule has 0 aliphatic rings. The van der Waals surface area contributed by atoms with Crippen LogP contribution in [0.3, 0.4) is 0 Å². The third-order valence-corrected chi connectivity index (χ3v) is 5.14. The standard InChI is InChI=1S/C25H24N6O2/c1-18(19-12-14-22(15-13-19)31-17-26-16-27-31)28-25(33)30-23(20-8-4-2-5-9-20)24(32)29-21-10-6-3-7-11-21/h2-18,23H,1H3,(H,29,32)(H2,28,30,33). The molecule has 8 heteroatoms. The number of hydrogen-bond donors (Lipinski definition) is 3. The van der Waals surface area contributed by atoms with E-state index in [0.717, 1.165) is 11.3 Å². The molecule has 0 bridgehead atoms. The Morgan fingerprint density at radius 3 is 2.12 bits per heavy atom. The number of rotatable bonds is 7. The minimum absolute atomic E-state index is 0.275. The van der Waals surface area contributed by atoms with Crippen LogP contribution in [0.25, 0.3) is 5.69 Å². The van der Waals surface area contributed by atoms with E-state index in [1.54, 1.807) is 23.1 Å². The van der Waals surface area contributed by atoms with E-state index < -0.39 is 12.1 Å². The summed E-state index contributed by atoms with van der Waals surface area (Å²) in [4.78, 5) is 29.7. The lowest BCUT2D eigenvalue weighted by Gasteiger charge is -2.21. The van der Waals surface area contributed by atoms with Crippen LogP contribution in [0.4, 0.5) is 10.5 Å². The van der Waals surface area contributed by atoms with Crippen LogP contribution in [0.15, 0.2) is 97.6 Å². The molecule has 4 aromatic rings. The molecular weight excluding hydrogens is 416 g/mol. The molecule has 33 heavy (non-hydrogen) atoms. The third kappa shape index (κ3) is 5.62. The van der Waals surface area contributed by atoms with Gasteiger partial charge in [0.1, 0.15) is 18.7 Å². The Morgan fingerprint density at radius 1 is 0.818 bits per heavy atom. The molecular formula is C25H24N6O2. The van der Waals surface area contributed by atoms with E-state index in [9.17, 15) is 9.59 Å². The molecule has 0 fully saturated rings. The molecule has 1 aromatic heterocycles. The van der Waals surface area contributed by atoms with Gasteiger partial charge in [0.25, 0.3) is 5.91 Å². The summed E-state index contributed by atoms with van der Waals surface area (Å²) < 4.78 is 1.66. The number of hydrogen-bond acceptors (Lipinski definition) is 4. The highest BCUT2D eigenvalue weighted by Gasteiger charge is 2.23. The molecule has 2 atom stereocenters. The molecule has 0 radical (unpaired) electrons. The first-order valence-corrected chi connectivity index (χ1v) is 10.5. The van der Waals surface area contributed by atoms with E-state index in [1.807, 2.05) is 79.7 Å². The van der Waals surface area contributed by atoms with E-state index in [2.05, 4.69) is 26.0 Å². The highest BCUT2D eigenvalue weighted by Crippen LogP contribution is 2.18. The molecule has 0 aliphatic heterocycles. The number of carbonyl (C=O) groups is 2. The number of urea groups is 1. The first kappa shape index (κ1) is 21.8. The van der Waals surface area contributed by atoms with Crippen molar-refractivity contribution in [3.63, 3.8) is 0 Å². The average Bonchev–Trinajstić information content (AvgIpc) is 3.39. The summed E-state index contributed by atoms with van der Waals surface area (Å²) in [7, 11) is 0. The summed E-state index contributed by atoms with van der Waals surface area (Å²) in [5.74, 6) is -0.326. The summed E-state index contributed by atoms with van der Waals surface area (Å²) in [6.45, 7) is 1.88. The second-order valence-electron chi connectivity index (χ2n) is 7.47. The SMILES string of the molecule is CC(NC(=O)NC(C(=O)Nc1ccccc1)c1ccccc1)c1ccc(-n2cncn2)cc1. The zero-order valence-electron chi connectivity index (χ0n) is 18.1. The Labute approximate surface area is 191 Å². The predicted molar refractivity (Wildman–Crippen MR) is 126 cm³/mol. The van der Waals surface area contributed by atoms with Crippen molar-refractivity contribution >= 4 is 17.6 Å². The fourth-order valence-electron chi connectivity index (χ4n) is 3.39. The normalized spacial score (nSPS) is 12.4. The lowest BCUT2D eigenvalue weighted by molar-refractivity contribution is -0.118. The average molecular weight is 441 g/mol. The van der Waals surface area contributed by atoms with Gasteiger partial charge in [-0.25, -0.2) is 14.5 Å². The van der Waals surface area contributed by atoms with E-state index >= 15 is 0 Å². The number of amides is 3. The van der Waals surface area contributed by atoms with Gasteiger partial charge in [-0.3, -0.25) is 4.79 Å². The summed E-state index contributed by atoms with van der Waals surface area (Å²) in [6.07, 6.45) is 3.09. The highest BCUT2D eigenvalue weighted by atomic mass is 16.2. The number of benzene rings is 3. The molecule has 3 aromatic carbocycles. The minimum atomic E-state index is -0.853. The first-order valence-electron chi connectivity index (χ1n) is 10.5. The smallest absolute Gasteiger partial charge is 0.316 e. The molecule has 8 nitrogen and oxygen atoms in total. The van der Waals surface area contributed by atoms with Crippen molar-refractivity contribution in [2.75, 3.05) is 5.32 Å². The van der Waals surface area contributed by atoms with E-state index in [0.29, 0.717) is 11.3 Å². The Kier molecular flexibility index (Phi) is 6.75. The van der Waals surface area contributed by atoms with Gasteiger partial charge in [0, 0.05) is 5.69 Å². The summed E-state index contributed by atoms with van der Waals surface area (Å²) in [5, 5.41) is 12.7. The molecule has 0 saturated carbocycles. The topological polar surface area (TPSA) is 101 Å². The van der Waals surface area contributed by atoms with Gasteiger partial charge in [0.2, 0.25) is 0 Å². The number of nitrogens with zero attached hydrogens (tertiary/aromatic N) is 3. The molecule has 1 heterocycles. The maximum atomic E-state index is 13.0. The van der Waals surface area contributed by atoms with Gasteiger partial charge in [0.15, 0.2) is 0 Å². The highest BCUT2D eigenvalue weighted by molar-refractivity contribution is 5.97. The van der Waals surface area contributed by atoms with Gasteiger partial charge >= 0.3 is 6.03 Å². The Balaban J connectivity index is 1.43. The van der Waals surface area contributed by atoms with Crippen LogP contribution in [0.2, 0.25) is 0 Å². The van der Waals surface area contributed by atoms with Crippen molar-refractivity contribution in [3.8, 4) is 5.69 Å². The molecule has 166 valence electrons. The zero-order valence-corrected chi connectivity index (χ0v) is 18.1. The first-order chi connectivity index (χ1) is 16.1. The van der Waals surface area contributed by atoms with Gasteiger partial charge in [0.05, 0.1) is 11.7 Å². The number of aromatic nitrogens is 3. The van der Waals surface area contributed by atoms with Crippen molar-refractivity contribution in [3.05, 3.63) is 109 Å². The van der Waals surface area contributed by atoms with Crippen LogP contribution in [-0.2, 0) is 4.79 Å². The van der Waals surface area contributed by atoms with Crippen LogP contribution >= 0.6 is 0 Å². The zero-order chi connectivity index (χ0) is 23.0. The third-order valence-electron chi connectivity index (χ3n) is 5.14. The molecule has 3 N–H and O–H groups in total. The lowest BCUT2D eigenvalue weighted by atomic mass is 10.1. The number of para-hydroxylation sites is 1. The van der Waals surface area contributed by atoms with Crippen LogP contribution in [0.5, 0.6) is 0 Å². The molecule has 2 unspecified atom stereocenters. The lowest BCUT2D eigenvalue weighted by Crippen LogP contribution is -2.43. The Bertz CT molecular complexity index is 1180. The fraction of sp³-hybridized carbons (Fsp3) is 0.120. The van der Waals surface area contributed by atoms with Gasteiger partial charge in [-0.1, -0.05) is 60.7 Å². The van der Waals surface area contributed by atoms with Crippen LogP contribution in [0, 0.1) is 0 Å². The van der Waals surface area contributed by atoms with E-state index in [-0.39, 0.29) is 11.9 Å². The maximum Gasteiger partial charge on any atom is 0.316 e. The number of nitrogens with one attached hydrogen (secondary N) is 3. The number of anilines is 1. The Hall–Kier alpha value is -4.46. The number of carbonyl (C=O) groups excluding carboxylic acids is 2. The van der Waals surface area contributed by atoms with E-state index in [1.165, 1.54) is 6.33 Å². The van der Waals surface area contributed by atoms with Gasteiger partial charge in [-0.2, -0.15) is 5.10 Å². The van der Waals surface area contributed by atoms with Crippen molar-refractivity contribution in [1.82, 2.24) is 25.4 Å². The second-order valence-corrected chi connectivity index (χ2v) is 7.47. The molecule has 0 spiro atoms. The van der Waals surface area contributed by atoms with Crippen molar-refractivity contribution in [2.24, 2.45) is 0 Å². The van der Waals surface area contributed by atoms with Crippen LogP contribution in [0.1, 0.15) is 30.1 Å². The van der Waals surface area contributed by atoms with Crippen molar-refractivity contribution in [2.45, 2.75) is 19.0 Å². The second kappa shape index (κ2) is 10.2. The Morgan fingerprint density at radius 2 is 1.48 bits per heavy atom. The molecule has 0 saturated heterocycles. The molecule has 3 amide bonds. The van der Waals surface area contributed by atoms with Crippen LogP contribution in [-0.4, -0.2) is 26.7 Å². The van der Waals surface area contributed by atoms with Crippen LogP contribution < -0.4 is 16.0 Å². The summed E-state index contributed by atoms with van der Waals surface area (Å²) in [5.41, 5.74) is 3.13. The van der Waals surface area contributed by atoms with Gasteiger partial charge in [-0.05, 0) is 42.3 Å². The maximum absolute atomic E-state index is 13.0. The van der Waals surface area contributed by atoms with Crippen molar-refractivity contribution in [1.29, 1.82) is 0 Å². The quantitative estimate of drug-likeness (QED) is 0.404. The fourth-order valence-corrected chi connectivity index (χ4v) is 3.39. The molecule has 0 aliphatic carbocycles.